The average molecular weight is 163 g/mol. The van der Waals surface area contributed by atoms with E-state index in [-0.39, 0.29) is 5.78 Å². The Kier molecular flexibility index (Phi) is 1.50. The lowest BCUT2D eigenvalue weighted by Gasteiger charge is -2.18. The van der Waals surface area contributed by atoms with E-state index in [1.807, 2.05) is 0 Å². The first-order valence-corrected chi connectivity index (χ1v) is 3.84. The van der Waals surface area contributed by atoms with Crippen LogP contribution < -0.4 is 5.73 Å². The maximum atomic E-state index is 11.3. The van der Waals surface area contributed by atoms with E-state index in [4.69, 9.17) is 10.5 Å². The number of Topliss-reactive ketones (excluding diaryl/α,β-unsaturated/α-hetero) is 1. The highest BCUT2D eigenvalue weighted by Crippen LogP contribution is 2.25. The zero-order valence-electron chi connectivity index (χ0n) is 6.54. The molecule has 0 aromatic heterocycles. The van der Waals surface area contributed by atoms with Crippen molar-refractivity contribution in [1.82, 2.24) is 0 Å². The van der Waals surface area contributed by atoms with Gasteiger partial charge in [-0.2, -0.15) is 0 Å². The number of ketones is 1. The van der Waals surface area contributed by atoms with Gasteiger partial charge in [0.25, 0.3) is 0 Å². The molecule has 2 N–H and O–H groups in total. The summed E-state index contributed by atoms with van der Waals surface area (Å²) in [4.78, 5) is 11.3. The molecule has 62 valence electrons. The number of hydrogen-bond donors (Lipinski definition) is 1. The van der Waals surface area contributed by atoms with Gasteiger partial charge in [-0.1, -0.05) is 6.08 Å². The van der Waals surface area contributed by atoms with Crippen LogP contribution in [0.5, 0.6) is 0 Å². The van der Waals surface area contributed by atoms with Crippen LogP contribution in [-0.4, -0.2) is 5.78 Å². The summed E-state index contributed by atoms with van der Waals surface area (Å²) in [6.07, 6.45) is 6.40. The first kappa shape index (κ1) is 7.16. The van der Waals surface area contributed by atoms with E-state index < -0.39 is 0 Å². The Hall–Kier alpha value is -1.51. The highest BCUT2D eigenvalue weighted by molar-refractivity contribution is 5.98. The van der Waals surface area contributed by atoms with Gasteiger partial charge in [-0.15, -0.1) is 0 Å². The maximum Gasteiger partial charge on any atom is 0.187 e. The third-order valence-electron chi connectivity index (χ3n) is 1.94. The standard InChI is InChI=1S/C9H9NO2/c10-9-5-4-6-7(11)2-1-3-8(6)12-9/h1,3,5H,2,4,10H2. The van der Waals surface area contributed by atoms with Crippen LogP contribution in [0.25, 0.3) is 0 Å². The molecular weight excluding hydrogens is 154 g/mol. The molecule has 0 amide bonds. The molecule has 0 unspecified atom stereocenters. The molecule has 3 heteroatoms. The summed E-state index contributed by atoms with van der Waals surface area (Å²) < 4.78 is 5.17. The van der Waals surface area contributed by atoms with E-state index in [9.17, 15) is 4.79 Å². The molecule has 12 heavy (non-hydrogen) atoms. The van der Waals surface area contributed by atoms with Gasteiger partial charge in [0.1, 0.15) is 5.76 Å². The van der Waals surface area contributed by atoms with Crippen LogP contribution in [0.1, 0.15) is 12.8 Å². The van der Waals surface area contributed by atoms with Gasteiger partial charge in [0.2, 0.25) is 0 Å². The number of allylic oxidation sites excluding steroid dienone is 4. The zero-order valence-corrected chi connectivity index (χ0v) is 6.54. The summed E-state index contributed by atoms with van der Waals surface area (Å²) in [5.41, 5.74) is 6.19. The van der Waals surface area contributed by atoms with Gasteiger partial charge in [0.05, 0.1) is 0 Å². The highest BCUT2D eigenvalue weighted by atomic mass is 16.5. The molecule has 3 nitrogen and oxygen atoms in total. The fourth-order valence-electron chi connectivity index (χ4n) is 1.32. The van der Waals surface area contributed by atoms with Crippen molar-refractivity contribution in [2.24, 2.45) is 5.73 Å². The predicted octanol–water partition coefficient (Wildman–Crippen LogP) is 0.990. The normalized spacial score (nSPS) is 21.7. The number of carbonyl (C=O) groups excluding carboxylic acids is 1. The molecule has 1 aliphatic heterocycles. The second-order valence-corrected chi connectivity index (χ2v) is 2.79. The Labute approximate surface area is 70.2 Å². The molecular formula is C9H9NO2. The SMILES string of the molecule is NC1=CCC2=C(C=CCC2=O)O1. The summed E-state index contributed by atoms with van der Waals surface area (Å²) in [6, 6.07) is 0. The van der Waals surface area contributed by atoms with Crippen LogP contribution in [0.15, 0.2) is 35.4 Å². The third-order valence-corrected chi connectivity index (χ3v) is 1.94. The first-order valence-electron chi connectivity index (χ1n) is 3.84. The fraction of sp³-hybridized carbons (Fsp3) is 0.222. The van der Waals surface area contributed by atoms with Crippen molar-refractivity contribution in [3.63, 3.8) is 0 Å². The minimum absolute atomic E-state index is 0.135. The fourth-order valence-corrected chi connectivity index (χ4v) is 1.32. The molecule has 0 radical (unpaired) electrons. The van der Waals surface area contributed by atoms with Crippen molar-refractivity contribution < 1.29 is 9.53 Å². The van der Waals surface area contributed by atoms with Crippen LogP contribution >= 0.6 is 0 Å². The maximum absolute atomic E-state index is 11.3. The van der Waals surface area contributed by atoms with Crippen LogP contribution in [0.3, 0.4) is 0 Å². The Bertz CT molecular complexity index is 323. The lowest BCUT2D eigenvalue weighted by molar-refractivity contribution is -0.115. The molecule has 2 aliphatic rings. The molecule has 2 rings (SSSR count). The number of carbonyl (C=O) groups is 1. The summed E-state index contributed by atoms with van der Waals surface area (Å²) >= 11 is 0. The monoisotopic (exact) mass is 163 g/mol. The van der Waals surface area contributed by atoms with E-state index >= 15 is 0 Å². The minimum atomic E-state index is 0.135. The molecule has 1 aliphatic carbocycles. The van der Waals surface area contributed by atoms with Gasteiger partial charge in [0.15, 0.2) is 11.7 Å². The third kappa shape index (κ3) is 1.03. The number of hydrogen-bond acceptors (Lipinski definition) is 3. The Morgan fingerprint density at radius 3 is 3.08 bits per heavy atom. The van der Waals surface area contributed by atoms with Crippen molar-refractivity contribution in [3.05, 3.63) is 35.4 Å². The second kappa shape index (κ2) is 2.52. The molecule has 0 saturated carbocycles. The molecule has 1 heterocycles. The van der Waals surface area contributed by atoms with Gasteiger partial charge >= 0.3 is 0 Å². The van der Waals surface area contributed by atoms with E-state index in [1.165, 1.54) is 0 Å². The van der Waals surface area contributed by atoms with Crippen molar-refractivity contribution in [2.45, 2.75) is 12.8 Å². The minimum Gasteiger partial charge on any atom is -0.442 e. The predicted molar refractivity (Wildman–Crippen MR) is 43.8 cm³/mol. The van der Waals surface area contributed by atoms with Crippen LogP contribution in [0, 0.1) is 0 Å². The van der Waals surface area contributed by atoms with Crippen LogP contribution in [-0.2, 0) is 9.53 Å². The van der Waals surface area contributed by atoms with Crippen molar-refractivity contribution in [3.8, 4) is 0 Å². The van der Waals surface area contributed by atoms with Crippen molar-refractivity contribution in [2.75, 3.05) is 0 Å². The van der Waals surface area contributed by atoms with E-state index in [0.29, 0.717) is 24.5 Å². The van der Waals surface area contributed by atoms with E-state index in [2.05, 4.69) is 0 Å². The Balaban J connectivity index is 2.33. The average Bonchev–Trinajstić information content (AvgIpc) is 2.04. The summed E-state index contributed by atoms with van der Waals surface area (Å²) in [5, 5.41) is 0. The van der Waals surface area contributed by atoms with Gasteiger partial charge in [-0.3, -0.25) is 4.79 Å². The first-order chi connectivity index (χ1) is 5.77. The molecule has 0 aromatic rings. The van der Waals surface area contributed by atoms with Gasteiger partial charge in [-0.05, 0) is 12.2 Å². The lowest BCUT2D eigenvalue weighted by Crippen LogP contribution is -2.15. The molecule has 0 fully saturated rings. The largest absolute Gasteiger partial charge is 0.442 e. The van der Waals surface area contributed by atoms with Gasteiger partial charge in [-0.25, -0.2) is 0 Å². The molecule has 0 bridgehead atoms. The van der Waals surface area contributed by atoms with Crippen LogP contribution in [0.2, 0.25) is 0 Å². The number of ether oxygens (including phenoxy) is 1. The highest BCUT2D eigenvalue weighted by Gasteiger charge is 2.20. The summed E-state index contributed by atoms with van der Waals surface area (Å²) in [5.74, 6) is 1.13. The van der Waals surface area contributed by atoms with Crippen molar-refractivity contribution >= 4 is 5.78 Å². The van der Waals surface area contributed by atoms with Gasteiger partial charge in [0, 0.05) is 18.4 Å². The van der Waals surface area contributed by atoms with Crippen molar-refractivity contribution in [1.29, 1.82) is 0 Å². The van der Waals surface area contributed by atoms with Gasteiger partial charge < -0.3 is 10.5 Å². The molecule has 0 saturated heterocycles. The smallest absolute Gasteiger partial charge is 0.187 e. The lowest BCUT2D eigenvalue weighted by atomic mass is 9.98. The van der Waals surface area contributed by atoms with E-state index in [1.54, 1.807) is 18.2 Å². The van der Waals surface area contributed by atoms with E-state index in [0.717, 1.165) is 5.57 Å². The topological polar surface area (TPSA) is 52.3 Å². The van der Waals surface area contributed by atoms with Crippen LogP contribution in [0.4, 0.5) is 0 Å². The molecule has 0 spiro atoms. The Morgan fingerprint density at radius 1 is 1.42 bits per heavy atom. The second-order valence-electron chi connectivity index (χ2n) is 2.79. The zero-order chi connectivity index (χ0) is 8.55. The molecule has 0 atom stereocenters. The summed E-state index contributed by atoms with van der Waals surface area (Å²) in [7, 11) is 0. The molecule has 0 aromatic carbocycles. The quantitative estimate of drug-likeness (QED) is 0.579. The summed E-state index contributed by atoms with van der Waals surface area (Å²) in [6.45, 7) is 0. The number of nitrogens with two attached hydrogens (primary N) is 1. The number of rotatable bonds is 0. The Morgan fingerprint density at radius 2 is 2.25 bits per heavy atom.